The van der Waals surface area contributed by atoms with Gasteiger partial charge in [0, 0.05) is 52.4 Å². The molecule has 0 spiro atoms. The molecule has 2 N–H and O–H groups in total. The molecule has 7 heteroatoms. The van der Waals surface area contributed by atoms with Crippen LogP contribution in [0.5, 0.6) is 0 Å². The second kappa shape index (κ2) is 13.4. The van der Waals surface area contributed by atoms with Crippen LogP contribution in [-0.2, 0) is 4.74 Å². The zero-order chi connectivity index (χ0) is 31.2. The number of nitrogens with one attached hydrogen (secondary N) is 2. The number of hydrogen-bond acceptors (Lipinski definition) is 5. The molecule has 7 nitrogen and oxygen atoms in total. The maximum absolute atomic E-state index is 13.1. The van der Waals surface area contributed by atoms with E-state index in [1.165, 1.54) is 0 Å². The van der Waals surface area contributed by atoms with Gasteiger partial charge in [0.2, 0.25) is 0 Å². The van der Waals surface area contributed by atoms with E-state index in [0.717, 1.165) is 54.4 Å². The number of aryl methyl sites for hydroxylation is 1. The van der Waals surface area contributed by atoms with Crippen LogP contribution in [0.3, 0.4) is 0 Å². The van der Waals surface area contributed by atoms with E-state index in [0.29, 0.717) is 27.9 Å². The lowest BCUT2D eigenvalue weighted by atomic mass is 9.97. The molecule has 0 saturated carbocycles. The van der Waals surface area contributed by atoms with Crippen molar-refractivity contribution in [1.82, 2.24) is 0 Å². The Labute approximate surface area is 262 Å². The standard InChI is InChI=1S/C38H33N3O4/c1-26-10-11-31(38(44)39-32-16-18-34(19-17-32)41-20-22-45-23-21-41)25-35(26)27-12-14-29(15-13-27)37(43)40-33-9-5-8-30(24-33)36(42)28-6-3-2-4-7-28/h2-19,24-25H,20-23H2,1H3,(H,39,44)(H,40,43). The summed E-state index contributed by atoms with van der Waals surface area (Å²) < 4.78 is 5.43. The first-order chi connectivity index (χ1) is 21.9. The molecule has 1 fully saturated rings. The summed E-state index contributed by atoms with van der Waals surface area (Å²) in [6, 6.07) is 36.7. The summed E-state index contributed by atoms with van der Waals surface area (Å²) in [5.74, 6) is -0.585. The summed E-state index contributed by atoms with van der Waals surface area (Å²) >= 11 is 0. The third-order valence-electron chi connectivity index (χ3n) is 7.88. The number of rotatable bonds is 8. The Morgan fingerprint density at radius 1 is 0.600 bits per heavy atom. The average molecular weight is 596 g/mol. The molecule has 1 heterocycles. The molecule has 1 saturated heterocycles. The monoisotopic (exact) mass is 595 g/mol. The Morgan fingerprint density at radius 2 is 1.24 bits per heavy atom. The van der Waals surface area contributed by atoms with Crippen molar-refractivity contribution >= 4 is 34.7 Å². The Morgan fingerprint density at radius 3 is 1.98 bits per heavy atom. The van der Waals surface area contributed by atoms with Crippen molar-refractivity contribution in [3.63, 3.8) is 0 Å². The van der Waals surface area contributed by atoms with Gasteiger partial charge in [-0.1, -0.05) is 60.7 Å². The van der Waals surface area contributed by atoms with Crippen LogP contribution in [0.15, 0.2) is 121 Å². The second-order valence-corrected chi connectivity index (χ2v) is 10.9. The van der Waals surface area contributed by atoms with Gasteiger partial charge < -0.3 is 20.3 Å². The third kappa shape index (κ3) is 7.00. The lowest BCUT2D eigenvalue weighted by Crippen LogP contribution is -2.36. The fourth-order valence-electron chi connectivity index (χ4n) is 5.35. The predicted octanol–water partition coefficient (Wildman–Crippen LogP) is 7.23. The molecular weight excluding hydrogens is 562 g/mol. The predicted molar refractivity (Wildman–Crippen MR) is 178 cm³/mol. The Balaban J connectivity index is 1.12. The van der Waals surface area contributed by atoms with E-state index in [4.69, 9.17) is 4.74 Å². The van der Waals surface area contributed by atoms with Crippen LogP contribution in [0.2, 0.25) is 0 Å². The highest BCUT2D eigenvalue weighted by Gasteiger charge is 2.15. The first-order valence-electron chi connectivity index (χ1n) is 14.9. The zero-order valence-corrected chi connectivity index (χ0v) is 25.0. The first-order valence-corrected chi connectivity index (χ1v) is 14.9. The summed E-state index contributed by atoms with van der Waals surface area (Å²) in [7, 11) is 0. The van der Waals surface area contributed by atoms with Gasteiger partial charge in [0.1, 0.15) is 0 Å². The van der Waals surface area contributed by atoms with E-state index in [9.17, 15) is 14.4 Å². The highest BCUT2D eigenvalue weighted by atomic mass is 16.5. The minimum atomic E-state index is -0.282. The normalized spacial score (nSPS) is 12.8. The van der Waals surface area contributed by atoms with Gasteiger partial charge in [-0.3, -0.25) is 14.4 Å². The van der Waals surface area contributed by atoms with Crippen LogP contribution >= 0.6 is 0 Å². The van der Waals surface area contributed by atoms with Gasteiger partial charge >= 0.3 is 0 Å². The highest BCUT2D eigenvalue weighted by molar-refractivity contribution is 6.10. The molecule has 45 heavy (non-hydrogen) atoms. The van der Waals surface area contributed by atoms with Crippen molar-refractivity contribution in [2.45, 2.75) is 6.92 Å². The van der Waals surface area contributed by atoms with E-state index >= 15 is 0 Å². The van der Waals surface area contributed by atoms with Crippen LogP contribution < -0.4 is 15.5 Å². The summed E-state index contributed by atoms with van der Waals surface area (Å²) in [5.41, 5.74) is 7.29. The van der Waals surface area contributed by atoms with Crippen molar-refractivity contribution < 1.29 is 19.1 Å². The van der Waals surface area contributed by atoms with Gasteiger partial charge in [0.15, 0.2) is 5.78 Å². The molecule has 5 aromatic rings. The third-order valence-corrected chi connectivity index (χ3v) is 7.88. The molecule has 1 aliphatic rings. The topological polar surface area (TPSA) is 87.7 Å². The van der Waals surface area contributed by atoms with Crippen molar-refractivity contribution in [1.29, 1.82) is 0 Å². The van der Waals surface area contributed by atoms with Crippen LogP contribution in [0, 0.1) is 6.92 Å². The number of carbonyl (C=O) groups excluding carboxylic acids is 3. The molecule has 2 amide bonds. The average Bonchev–Trinajstić information content (AvgIpc) is 3.09. The maximum atomic E-state index is 13.1. The van der Waals surface area contributed by atoms with Gasteiger partial charge in [-0.2, -0.15) is 0 Å². The fraction of sp³-hybridized carbons (Fsp3) is 0.132. The molecule has 6 rings (SSSR count). The number of amides is 2. The minimum Gasteiger partial charge on any atom is -0.378 e. The van der Waals surface area contributed by atoms with Crippen molar-refractivity contribution in [3.8, 4) is 11.1 Å². The maximum Gasteiger partial charge on any atom is 0.255 e. The summed E-state index contributed by atoms with van der Waals surface area (Å²) in [5, 5.41) is 5.89. The lowest BCUT2D eigenvalue weighted by Gasteiger charge is -2.28. The number of carbonyl (C=O) groups is 3. The van der Waals surface area contributed by atoms with Gasteiger partial charge in [0.25, 0.3) is 11.8 Å². The van der Waals surface area contributed by atoms with E-state index in [-0.39, 0.29) is 17.6 Å². The number of benzene rings is 5. The highest BCUT2D eigenvalue weighted by Crippen LogP contribution is 2.27. The van der Waals surface area contributed by atoms with Gasteiger partial charge in [-0.05, 0) is 84.3 Å². The van der Waals surface area contributed by atoms with Crippen molar-refractivity contribution in [3.05, 3.63) is 149 Å². The van der Waals surface area contributed by atoms with Gasteiger partial charge in [-0.25, -0.2) is 0 Å². The molecule has 224 valence electrons. The van der Waals surface area contributed by atoms with E-state index in [2.05, 4.69) is 15.5 Å². The zero-order valence-electron chi connectivity index (χ0n) is 25.0. The second-order valence-electron chi connectivity index (χ2n) is 10.9. The summed E-state index contributed by atoms with van der Waals surface area (Å²) in [6.45, 7) is 5.14. The van der Waals surface area contributed by atoms with Crippen LogP contribution in [0.4, 0.5) is 17.1 Å². The number of ketones is 1. The number of nitrogens with zero attached hydrogens (tertiary/aromatic N) is 1. The van der Waals surface area contributed by atoms with Crippen LogP contribution in [-0.4, -0.2) is 43.9 Å². The quantitative estimate of drug-likeness (QED) is 0.185. The van der Waals surface area contributed by atoms with E-state index in [1.807, 2.05) is 79.7 Å². The van der Waals surface area contributed by atoms with E-state index < -0.39 is 0 Å². The van der Waals surface area contributed by atoms with Crippen LogP contribution in [0.25, 0.3) is 11.1 Å². The smallest absolute Gasteiger partial charge is 0.255 e. The first kappa shape index (κ1) is 29.5. The number of morpholine rings is 1. The molecule has 0 aromatic heterocycles. The van der Waals surface area contributed by atoms with E-state index in [1.54, 1.807) is 48.5 Å². The minimum absolute atomic E-state index is 0.107. The molecule has 0 radical (unpaired) electrons. The number of ether oxygens (including phenoxy) is 1. The van der Waals surface area contributed by atoms with Gasteiger partial charge in [0.05, 0.1) is 13.2 Å². The van der Waals surface area contributed by atoms with Crippen molar-refractivity contribution in [2.24, 2.45) is 0 Å². The van der Waals surface area contributed by atoms with Gasteiger partial charge in [-0.15, -0.1) is 0 Å². The van der Waals surface area contributed by atoms with Crippen molar-refractivity contribution in [2.75, 3.05) is 41.8 Å². The fourth-order valence-corrected chi connectivity index (χ4v) is 5.35. The number of anilines is 3. The molecule has 0 bridgehead atoms. The molecule has 5 aromatic carbocycles. The molecule has 0 atom stereocenters. The lowest BCUT2D eigenvalue weighted by molar-refractivity contribution is 0.101. The Hall–Kier alpha value is -5.53. The summed E-state index contributed by atoms with van der Waals surface area (Å²) in [6.07, 6.45) is 0. The van der Waals surface area contributed by atoms with Crippen LogP contribution in [0.1, 0.15) is 42.2 Å². The Bertz CT molecular complexity index is 1830. The summed E-state index contributed by atoms with van der Waals surface area (Å²) in [4.78, 5) is 41.3. The molecule has 0 aliphatic carbocycles. The number of hydrogen-bond donors (Lipinski definition) is 2. The molecular formula is C38H33N3O4. The largest absolute Gasteiger partial charge is 0.378 e. The molecule has 1 aliphatic heterocycles. The molecule has 0 unspecified atom stereocenters. The SMILES string of the molecule is Cc1ccc(C(=O)Nc2ccc(N3CCOCC3)cc2)cc1-c1ccc(C(=O)Nc2cccc(C(=O)c3ccccc3)c2)cc1. The Kier molecular flexibility index (Phi) is 8.80.